The zero-order valence-electron chi connectivity index (χ0n) is 14.9. The molecule has 1 saturated carbocycles. The van der Waals surface area contributed by atoms with E-state index in [1.165, 1.54) is 23.6 Å². The summed E-state index contributed by atoms with van der Waals surface area (Å²) in [5, 5.41) is 12.2. The monoisotopic (exact) mass is 405 g/mol. The first-order chi connectivity index (χ1) is 13.5. The summed E-state index contributed by atoms with van der Waals surface area (Å²) in [6, 6.07) is 3.03. The molecule has 2 atom stereocenters. The molecule has 4 rings (SSSR count). The van der Waals surface area contributed by atoms with Crippen LogP contribution in [0.15, 0.2) is 18.3 Å². The minimum absolute atomic E-state index is 0.0529. The van der Waals surface area contributed by atoms with Gasteiger partial charge in [0.1, 0.15) is 15.8 Å². The van der Waals surface area contributed by atoms with Crippen molar-refractivity contribution in [2.24, 2.45) is 5.92 Å². The van der Waals surface area contributed by atoms with Crippen LogP contribution >= 0.6 is 11.3 Å². The smallest absolute Gasteiger partial charge is 0.257 e. The Morgan fingerprint density at radius 2 is 2.14 bits per heavy atom. The number of hydrogen-bond acceptors (Lipinski definition) is 9. The Morgan fingerprint density at radius 3 is 2.86 bits per heavy atom. The van der Waals surface area contributed by atoms with Gasteiger partial charge in [0.05, 0.1) is 19.3 Å². The van der Waals surface area contributed by atoms with Crippen molar-refractivity contribution in [2.75, 3.05) is 17.7 Å². The summed E-state index contributed by atoms with van der Waals surface area (Å²) in [4.78, 5) is 11.8. The van der Waals surface area contributed by atoms with E-state index in [9.17, 15) is 8.78 Å². The molecule has 0 amide bonds. The maximum Gasteiger partial charge on any atom is 0.257 e. The maximum atomic E-state index is 14.6. The van der Waals surface area contributed by atoms with E-state index in [-0.39, 0.29) is 48.5 Å². The van der Waals surface area contributed by atoms with Gasteiger partial charge in [-0.15, -0.1) is 10.2 Å². The Hall–Kier alpha value is -2.95. The van der Waals surface area contributed by atoms with Crippen molar-refractivity contribution in [1.82, 2.24) is 25.1 Å². The molecule has 3 heterocycles. The van der Waals surface area contributed by atoms with E-state index in [4.69, 9.17) is 10.5 Å². The quantitative estimate of drug-likeness (QED) is 0.617. The van der Waals surface area contributed by atoms with Crippen LogP contribution in [0.3, 0.4) is 0 Å². The van der Waals surface area contributed by atoms with Gasteiger partial charge in [0.25, 0.3) is 5.88 Å². The first kappa shape index (κ1) is 18.4. The number of hydrogen-bond donors (Lipinski definition) is 2. The molecule has 146 valence electrons. The fraction of sp³-hybridized carbons (Fsp3) is 0.353. The van der Waals surface area contributed by atoms with Gasteiger partial charge in [-0.1, -0.05) is 11.3 Å². The summed E-state index contributed by atoms with van der Waals surface area (Å²) >= 11 is 1.40. The Kier molecular flexibility index (Phi) is 4.99. The van der Waals surface area contributed by atoms with Crippen LogP contribution in [0.4, 0.5) is 20.5 Å². The molecule has 0 aliphatic heterocycles. The number of pyridine rings is 1. The molecule has 3 aromatic rings. The van der Waals surface area contributed by atoms with E-state index in [1.807, 2.05) is 6.92 Å². The second kappa shape index (κ2) is 7.58. The standard InChI is InChI=1S/C17H17F2N7OS/c1-8-25-26-13(28-8)6-22-15-14(19)16(24-17(20)23-15)27-7-9-4-11(9)12-3-2-10(18)5-21-12/h2-3,5,9,11H,4,6-7H2,1H3,(H3,20,22,23,24). The van der Waals surface area contributed by atoms with E-state index in [0.717, 1.165) is 17.1 Å². The van der Waals surface area contributed by atoms with E-state index < -0.39 is 5.82 Å². The maximum absolute atomic E-state index is 14.6. The Labute approximate surface area is 163 Å². The largest absolute Gasteiger partial charge is 0.475 e. The van der Waals surface area contributed by atoms with Crippen LogP contribution in [-0.2, 0) is 6.54 Å². The van der Waals surface area contributed by atoms with Crippen LogP contribution in [0, 0.1) is 24.5 Å². The second-order valence-corrected chi connectivity index (χ2v) is 7.70. The number of nitrogen functional groups attached to an aromatic ring is 1. The predicted octanol–water partition coefficient (Wildman–Crippen LogP) is 2.69. The molecule has 8 nitrogen and oxygen atoms in total. The molecule has 11 heteroatoms. The third-order valence-corrected chi connectivity index (χ3v) is 5.14. The number of aryl methyl sites for hydroxylation is 1. The lowest BCUT2D eigenvalue weighted by atomic mass is 10.2. The van der Waals surface area contributed by atoms with Gasteiger partial charge in [-0.3, -0.25) is 4.98 Å². The molecule has 0 saturated heterocycles. The van der Waals surface area contributed by atoms with Gasteiger partial charge < -0.3 is 15.8 Å². The lowest BCUT2D eigenvalue weighted by molar-refractivity contribution is 0.271. The van der Waals surface area contributed by atoms with Crippen LogP contribution in [0.1, 0.15) is 28.0 Å². The van der Waals surface area contributed by atoms with Crippen molar-refractivity contribution in [3.05, 3.63) is 45.7 Å². The molecule has 28 heavy (non-hydrogen) atoms. The van der Waals surface area contributed by atoms with Gasteiger partial charge in [-0.05, 0) is 25.5 Å². The van der Waals surface area contributed by atoms with Crippen molar-refractivity contribution >= 4 is 23.1 Å². The van der Waals surface area contributed by atoms with Crippen LogP contribution in [0.5, 0.6) is 5.88 Å². The highest BCUT2D eigenvalue weighted by Gasteiger charge is 2.40. The molecule has 3 aromatic heterocycles. The summed E-state index contributed by atoms with van der Waals surface area (Å²) in [6.07, 6.45) is 2.02. The SMILES string of the molecule is Cc1nnc(CNc2nc(N)nc(OCC3CC3c3ccc(F)cn3)c2F)s1. The molecule has 1 aliphatic rings. The number of nitrogens with two attached hydrogens (primary N) is 1. The molecule has 0 bridgehead atoms. The highest BCUT2D eigenvalue weighted by Crippen LogP contribution is 2.46. The average Bonchev–Trinajstić information content (AvgIpc) is 3.33. The zero-order valence-corrected chi connectivity index (χ0v) is 15.7. The number of anilines is 2. The van der Waals surface area contributed by atoms with Gasteiger partial charge in [0, 0.05) is 17.5 Å². The molecule has 0 radical (unpaired) electrons. The summed E-state index contributed by atoms with van der Waals surface area (Å²) < 4.78 is 33.1. The topological polar surface area (TPSA) is 112 Å². The molecule has 2 unspecified atom stereocenters. The van der Waals surface area contributed by atoms with Crippen molar-refractivity contribution < 1.29 is 13.5 Å². The van der Waals surface area contributed by atoms with Crippen molar-refractivity contribution in [1.29, 1.82) is 0 Å². The lowest BCUT2D eigenvalue weighted by Gasteiger charge is -2.10. The van der Waals surface area contributed by atoms with Gasteiger partial charge in [-0.2, -0.15) is 14.4 Å². The molecule has 1 aliphatic carbocycles. The fourth-order valence-corrected chi connectivity index (χ4v) is 3.46. The third kappa shape index (κ3) is 4.14. The number of nitrogens with one attached hydrogen (secondary N) is 1. The lowest BCUT2D eigenvalue weighted by Crippen LogP contribution is -2.11. The molecule has 3 N–H and O–H groups in total. The summed E-state index contributed by atoms with van der Waals surface area (Å²) in [5.74, 6) is -1.12. The van der Waals surface area contributed by atoms with E-state index in [0.29, 0.717) is 5.01 Å². The van der Waals surface area contributed by atoms with Crippen LogP contribution in [0.2, 0.25) is 0 Å². The van der Waals surface area contributed by atoms with Crippen molar-refractivity contribution in [2.45, 2.75) is 25.8 Å². The highest BCUT2D eigenvalue weighted by atomic mass is 32.1. The van der Waals surface area contributed by atoms with Gasteiger partial charge >= 0.3 is 0 Å². The van der Waals surface area contributed by atoms with Crippen LogP contribution < -0.4 is 15.8 Å². The van der Waals surface area contributed by atoms with E-state index >= 15 is 0 Å². The fourth-order valence-electron chi connectivity index (χ4n) is 2.81. The second-order valence-electron chi connectivity index (χ2n) is 6.43. The summed E-state index contributed by atoms with van der Waals surface area (Å²) in [6.45, 7) is 2.36. The Bertz CT molecular complexity index is 982. The summed E-state index contributed by atoms with van der Waals surface area (Å²) in [5.41, 5.74) is 6.47. The van der Waals surface area contributed by atoms with Gasteiger partial charge in [-0.25, -0.2) is 4.39 Å². The van der Waals surface area contributed by atoms with Crippen LogP contribution in [0.25, 0.3) is 0 Å². The van der Waals surface area contributed by atoms with E-state index in [1.54, 1.807) is 6.07 Å². The van der Waals surface area contributed by atoms with Crippen LogP contribution in [-0.4, -0.2) is 31.8 Å². The first-order valence-electron chi connectivity index (χ1n) is 8.59. The number of ether oxygens (including phenoxy) is 1. The average molecular weight is 405 g/mol. The first-order valence-corrected chi connectivity index (χ1v) is 9.41. The number of halogens is 2. The minimum Gasteiger partial charge on any atom is -0.475 e. The molecule has 0 spiro atoms. The highest BCUT2D eigenvalue weighted by molar-refractivity contribution is 7.11. The number of nitrogens with zero attached hydrogens (tertiary/aromatic N) is 5. The van der Waals surface area contributed by atoms with Gasteiger partial charge in [0.15, 0.2) is 5.82 Å². The molecule has 1 fully saturated rings. The molecule has 0 aromatic carbocycles. The molecular weight excluding hydrogens is 388 g/mol. The van der Waals surface area contributed by atoms with Crippen molar-refractivity contribution in [3.8, 4) is 5.88 Å². The predicted molar refractivity (Wildman–Crippen MR) is 98.9 cm³/mol. The normalized spacial score (nSPS) is 18.1. The third-order valence-electron chi connectivity index (χ3n) is 4.30. The van der Waals surface area contributed by atoms with Crippen molar-refractivity contribution in [3.63, 3.8) is 0 Å². The number of aromatic nitrogens is 5. The van der Waals surface area contributed by atoms with E-state index in [2.05, 4.69) is 30.5 Å². The summed E-state index contributed by atoms with van der Waals surface area (Å²) in [7, 11) is 0. The van der Waals surface area contributed by atoms with Gasteiger partial charge in [0.2, 0.25) is 11.8 Å². The Morgan fingerprint density at radius 1 is 1.29 bits per heavy atom. The Balaban J connectivity index is 1.38. The molecular formula is C17H17F2N7OS. The minimum atomic E-state index is -0.715. The zero-order chi connectivity index (χ0) is 19.7. The number of rotatable bonds is 7.